The number of hydrogen-bond acceptors (Lipinski definition) is 4. The molecule has 5 nitrogen and oxygen atoms in total. The summed E-state index contributed by atoms with van der Waals surface area (Å²) in [5.74, 6) is 1.04. The summed E-state index contributed by atoms with van der Waals surface area (Å²) >= 11 is 0. The molecule has 0 bridgehead atoms. The number of furan rings is 1. The van der Waals surface area contributed by atoms with E-state index in [1.807, 2.05) is 30.9 Å². The van der Waals surface area contributed by atoms with Gasteiger partial charge in [-0.15, -0.1) is 0 Å². The lowest BCUT2D eigenvalue weighted by atomic mass is 10.1. The Labute approximate surface area is 120 Å². The number of rotatable bonds is 5. The molecular weight excluding hydrogens is 256 g/mol. The molecule has 1 aliphatic rings. The van der Waals surface area contributed by atoms with Crippen molar-refractivity contribution in [2.45, 2.75) is 32.3 Å². The summed E-state index contributed by atoms with van der Waals surface area (Å²) in [6.45, 7) is 7.43. The zero-order chi connectivity index (χ0) is 14.6. The summed E-state index contributed by atoms with van der Waals surface area (Å²) in [4.78, 5) is 16.2. The van der Waals surface area contributed by atoms with Crippen LogP contribution in [-0.2, 0) is 11.2 Å². The fourth-order valence-corrected chi connectivity index (χ4v) is 2.55. The summed E-state index contributed by atoms with van der Waals surface area (Å²) in [5, 5.41) is 9.80. The Balaban J connectivity index is 1.71. The van der Waals surface area contributed by atoms with Gasteiger partial charge in [-0.1, -0.05) is 0 Å². The Morgan fingerprint density at radius 1 is 1.35 bits per heavy atom. The number of nitrogens with zero attached hydrogens (tertiary/aromatic N) is 2. The maximum Gasteiger partial charge on any atom is 0.223 e. The number of hydrogen-bond donors (Lipinski definition) is 1. The molecule has 1 aliphatic heterocycles. The van der Waals surface area contributed by atoms with Crippen molar-refractivity contribution in [3.63, 3.8) is 0 Å². The van der Waals surface area contributed by atoms with E-state index in [1.165, 1.54) is 0 Å². The third-order valence-corrected chi connectivity index (χ3v) is 3.50. The molecule has 0 spiro atoms. The predicted octanol–water partition coefficient (Wildman–Crippen LogP) is 1.13. The molecular formula is C15H24N2O3. The van der Waals surface area contributed by atoms with Gasteiger partial charge in [-0.05, 0) is 26.0 Å². The van der Waals surface area contributed by atoms with Gasteiger partial charge in [0.25, 0.3) is 0 Å². The minimum atomic E-state index is -0.675. The van der Waals surface area contributed by atoms with Gasteiger partial charge >= 0.3 is 0 Å². The van der Waals surface area contributed by atoms with Gasteiger partial charge in [0.1, 0.15) is 5.76 Å². The van der Waals surface area contributed by atoms with Crippen molar-refractivity contribution in [1.82, 2.24) is 9.80 Å². The zero-order valence-electron chi connectivity index (χ0n) is 12.3. The van der Waals surface area contributed by atoms with Gasteiger partial charge in [-0.25, -0.2) is 0 Å². The Kier molecular flexibility index (Phi) is 4.83. The molecule has 1 saturated heterocycles. The van der Waals surface area contributed by atoms with Gasteiger partial charge in [0.15, 0.2) is 0 Å². The average molecular weight is 280 g/mol. The lowest BCUT2D eigenvalue weighted by molar-refractivity contribution is -0.133. The number of carbonyl (C=O) groups excluding carboxylic acids is 1. The highest BCUT2D eigenvalue weighted by Gasteiger charge is 2.24. The molecule has 0 aliphatic carbocycles. The summed E-state index contributed by atoms with van der Waals surface area (Å²) in [6.07, 6.45) is 2.80. The monoisotopic (exact) mass is 280 g/mol. The molecule has 1 N–H and O–H groups in total. The van der Waals surface area contributed by atoms with E-state index in [2.05, 4.69) is 4.90 Å². The number of amides is 1. The average Bonchev–Trinajstić information content (AvgIpc) is 2.88. The first-order valence-corrected chi connectivity index (χ1v) is 7.19. The molecule has 2 rings (SSSR count). The van der Waals surface area contributed by atoms with Crippen LogP contribution in [0.2, 0.25) is 0 Å². The fraction of sp³-hybridized carbons (Fsp3) is 0.667. The van der Waals surface area contributed by atoms with E-state index in [1.54, 1.807) is 6.26 Å². The minimum Gasteiger partial charge on any atom is -0.469 e. The molecule has 20 heavy (non-hydrogen) atoms. The molecule has 0 unspecified atom stereocenters. The van der Waals surface area contributed by atoms with Crippen molar-refractivity contribution in [3.8, 4) is 0 Å². The predicted molar refractivity (Wildman–Crippen MR) is 76.3 cm³/mol. The smallest absolute Gasteiger partial charge is 0.223 e. The molecule has 1 aromatic rings. The van der Waals surface area contributed by atoms with Crippen LogP contribution in [0.1, 0.15) is 26.0 Å². The van der Waals surface area contributed by atoms with Crippen LogP contribution in [-0.4, -0.2) is 59.1 Å². The molecule has 0 atom stereocenters. The first-order chi connectivity index (χ1) is 9.44. The number of carbonyl (C=O) groups is 1. The van der Waals surface area contributed by atoms with Crippen molar-refractivity contribution in [2.75, 3.05) is 32.7 Å². The van der Waals surface area contributed by atoms with Crippen molar-refractivity contribution >= 4 is 5.91 Å². The molecule has 1 aromatic heterocycles. The second-order valence-corrected chi connectivity index (χ2v) is 6.05. The molecule has 0 aromatic carbocycles. The highest BCUT2D eigenvalue weighted by atomic mass is 16.3. The molecule has 1 fully saturated rings. The summed E-state index contributed by atoms with van der Waals surface area (Å²) in [6, 6.07) is 3.74. The van der Waals surface area contributed by atoms with Crippen LogP contribution in [0.25, 0.3) is 0 Å². The highest BCUT2D eigenvalue weighted by molar-refractivity contribution is 5.76. The van der Waals surface area contributed by atoms with E-state index in [0.717, 1.165) is 31.9 Å². The minimum absolute atomic E-state index is 0.185. The van der Waals surface area contributed by atoms with E-state index in [9.17, 15) is 9.90 Å². The maximum atomic E-state index is 12.1. The first kappa shape index (κ1) is 15.1. The van der Waals surface area contributed by atoms with E-state index < -0.39 is 5.60 Å². The summed E-state index contributed by atoms with van der Waals surface area (Å²) in [5.41, 5.74) is -0.675. The summed E-state index contributed by atoms with van der Waals surface area (Å²) in [7, 11) is 0. The Morgan fingerprint density at radius 3 is 2.60 bits per heavy atom. The lowest BCUT2D eigenvalue weighted by Gasteiger charge is -2.37. The standard InChI is InChI=1S/C15H24N2O3/c1-15(2,19)12-16-7-9-17(10-8-16)14(18)6-5-13-4-3-11-20-13/h3-4,11,19H,5-10,12H2,1-2H3. The lowest BCUT2D eigenvalue weighted by Crippen LogP contribution is -2.52. The molecule has 112 valence electrons. The largest absolute Gasteiger partial charge is 0.469 e. The van der Waals surface area contributed by atoms with Gasteiger partial charge < -0.3 is 14.4 Å². The van der Waals surface area contributed by atoms with Crippen molar-refractivity contribution in [2.24, 2.45) is 0 Å². The third kappa shape index (κ3) is 4.65. The topological polar surface area (TPSA) is 56.9 Å². The van der Waals surface area contributed by atoms with Crippen LogP contribution in [0.3, 0.4) is 0 Å². The molecule has 0 radical (unpaired) electrons. The molecule has 1 amide bonds. The van der Waals surface area contributed by atoms with Gasteiger partial charge in [0, 0.05) is 45.6 Å². The van der Waals surface area contributed by atoms with Crippen LogP contribution < -0.4 is 0 Å². The first-order valence-electron chi connectivity index (χ1n) is 7.19. The van der Waals surface area contributed by atoms with Gasteiger partial charge in [0.05, 0.1) is 11.9 Å². The zero-order valence-corrected chi connectivity index (χ0v) is 12.3. The summed E-state index contributed by atoms with van der Waals surface area (Å²) < 4.78 is 5.24. The van der Waals surface area contributed by atoms with Crippen molar-refractivity contribution in [1.29, 1.82) is 0 Å². The quantitative estimate of drug-likeness (QED) is 0.878. The van der Waals surface area contributed by atoms with E-state index >= 15 is 0 Å². The van der Waals surface area contributed by atoms with Crippen LogP contribution in [0.4, 0.5) is 0 Å². The Hall–Kier alpha value is -1.33. The Morgan fingerprint density at radius 2 is 2.05 bits per heavy atom. The van der Waals surface area contributed by atoms with Gasteiger partial charge in [0.2, 0.25) is 5.91 Å². The van der Waals surface area contributed by atoms with Gasteiger partial charge in [-0.3, -0.25) is 9.69 Å². The van der Waals surface area contributed by atoms with Crippen molar-refractivity contribution in [3.05, 3.63) is 24.2 Å². The number of piperazine rings is 1. The molecule has 2 heterocycles. The van der Waals surface area contributed by atoms with E-state index in [-0.39, 0.29) is 5.91 Å². The van der Waals surface area contributed by atoms with E-state index in [0.29, 0.717) is 19.4 Å². The molecule has 5 heteroatoms. The Bertz CT molecular complexity index is 415. The van der Waals surface area contributed by atoms with E-state index in [4.69, 9.17) is 4.42 Å². The number of aryl methyl sites for hydroxylation is 1. The number of aliphatic hydroxyl groups is 1. The van der Waals surface area contributed by atoms with Crippen LogP contribution in [0.15, 0.2) is 22.8 Å². The third-order valence-electron chi connectivity index (χ3n) is 3.50. The second-order valence-electron chi connectivity index (χ2n) is 6.05. The van der Waals surface area contributed by atoms with Crippen molar-refractivity contribution < 1.29 is 14.3 Å². The number of β-amino-alcohol motifs (C(OH)–C–C–N with tert-alkyl or cyclic N) is 1. The SMILES string of the molecule is CC(C)(O)CN1CCN(C(=O)CCc2ccco2)CC1. The second kappa shape index (κ2) is 6.41. The van der Waals surface area contributed by atoms with Gasteiger partial charge in [-0.2, -0.15) is 0 Å². The highest BCUT2D eigenvalue weighted by Crippen LogP contribution is 2.11. The van der Waals surface area contributed by atoms with Crippen LogP contribution >= 0.6 is 0 Å². The molecule has 0 saturated carbocycles. The van der Waals surface area contributed by atoms with Crippen LogP contribution in [0.5, 0.6) is 0 Å². The fourth-order valence-electron chi connectivity index (χ4n) is 2.55. The normalized spacial score (nSPS) is 17.4. The maximum absolute atomic E-state index is 12.1. The van der Waals surface area contributed by atoms with Crippen LogP contribution in [0, 0.1) is 0 Å².